The van der Waals surface area contributed by atoms with Gasteiger partial charge in [0.15, 0.2) is 0 Å². The lowest BCUT2D eigenvalue weighted by molar-refractivity contribution is 0.0600. The lowest BCUT2D eigenvalue weighted by Gasteiger charge is -2.29. The Morgan fingerprint density at radius 3 is 2.67 bits per heavy atom. The van der Waals surface area contributed by atoms with Gasteiger partial charge in [0.1, 0.15) is 11.6 Å². The van der Waals surface area contributed by atoms with Gasteiger partial charge in [-0.25, -0.2) is 14.8 Å². The maximum Gasteiger partial charge on any atom is 0.338 e. The Labute approximate surface area is 192 Å². The van der Waals surface area contributed by atoms with Crippen LogP contribution >= 0.6 is 0 Å². The summed E-state index contributed by atoms with van der Waals surface area (Å²) in [5.74, 6) is 0.395. The van der Waals surface area contributed by atoms with Crippen LogP contribution < -0.4 is 21.3 Å². The fraction of sp³-hybridized carbons (Fsp3) is 0.250. The largest absolute Gasteiger partial charge is 0.465 e. The van der Waals surface area contributed by atoms with Crippen LogP contribution in [-0.4, -0.2) is 55.1 Å². The van der Waals surface area contributed by atoms with Crippen molar-refractivity contribution in [3.63, 3.8) is 0 Å². The van der Waals surface area contributed by atoms with Crippen molar-refractivity contribution in [2.24, 2.45) is 5.73 Å². The van der Waals surface area contributed by atoms with Crippen LogP contribution in [0.1, 0.15) is 26.3 Å². The number of nitrogens with two attached hydrogens (primary N) is 1. The van der Waals surface area contributed by atoms with E-state index in [1.807, 2.05) is 25.1 Å². The Bertz CT molecular complexity index is 1190. The van der Waals surface area contributed by atoms with Crippen LogP contribution in [0, 0.1) is 6.92 Å². The second-order valence-electron chi connectivity index (χ2n) is 7.73. The Hall–Kier alpha value is -3.98. The summed E-state index contributed by atoms with van der Waals surface area (Å²) in [5, 5.41) is 6.57. The number of esters is 1. The molecular formula is C24H26N6O3. The molecule has 0 bridgehead atoms. The molecule has 0 radical (unpaired) electrons. The summed E-state index contributed by atoms with van der Waals surface area (Å²) in [7, 11) is 1.36. The number of carbonyl (C=O) groups excluding carboxylic acids is 2. The Morgan fingerprint density at radius 1 is 1.15 bits per heavy atom. The average molecular weight is 447 g/mol. The average Bonchev–Trinajstić information content (AvgIpc) is 2.85. The minimum Gasteiger partial charge on any atom is -0.465 e. The number of carbonyl (C=O) groups is 2. The van der Waals surface area contributed by atoms with E-state index >= 15 is 0 Å². The number of nitrogens with one attached hydrogen (secondary N) is 2. The number of primary amides is 1. The van der Waals surface area contributed by atoms with E-state index in [9.17, 15) is 9.59 Å². The molecule has 3 heterocycles. The minimum absolute atomic E-state index is 0.397. The number of pyridine rings is 2. The number of nitrogens with zero attached hydrogens (tertiary/aromatic N) is 3. The normalized spacial score (nSPS) is 13.5. The molecule has 9 nitrogen and oxygen atoms in total. The molecule has 1 amide bonds. The highest BCUT2D eigenvalue weighted by molar-refractivity contribution is 5.95. The molecule has 1 aromatic carbocycles. The van der Waals surface area contributed by atoms with Crippen molar-refractivity contribution in [3.8, 4) is 11.3 Å². The lowest BCUT2D eigenvalue weighted by atomic mass is 10.1. The number of rotatable bonds is 6. The van der Waals surface area contributed by atoms with Gasteiger partial charge in [-0.05, 0) is 48.9 Å². The van der Waals surface area contributed by atoms with Gasteiger partial charge >= 0.3 is 5.97 Å². The van der Waals surface area contributed by atoms with Gasteiger partial charge in [-0.1, -0.05) is 6.07 Å². The fourth-order valence-electron chi connectivity index (χ4n) is 3.76. The number of methoxy groups -OCH3 is 1. The summed E-state index contributed by atoms with van der Waals surface area (Å²) in [6, 6.07) is 12.5. The van der Waals surface area contributed by atoms with Crippen molar-refractivity contribution >= 4 is 29.2 Å². The molecule has 0 spiro atoms. The molecule has 0 unspecified atom stereocenters. The predicted molar refractivity (Wildman–Crippen MR) is 127 cm³/mol. The Kier molecular flexibility index (Phi) is 6.50. The van der Waals surface area contributed by atoms with Crippen molar-refractivity contribution in [3.05, 3.63) is 65.4 Å². The van der Waals surface area contributed by atoms with E-state index in [0.29, 0.717) is 22.6 Å². The lowest BCUT2D eigenvalue weighted by Crippen LogP contribution is -2.44. The molecule has 33 heavy (non-hydrogen) atoms. The zero-order chi connectivity index (χ0) is 23.4. The highest BCUT2D eigenvalue weighted by atomic mass is 16.5. The third kappa shape index (κ3) is 4.93. The van der Waals surface area contributed by atoms with Crippen LogP contribution in [0.5, 0.6) is 0 Å². The maximum absolute atomic E-state index is 12.0. The number of benzene rings is 1. The number of anilines is 3. The first-order valence-electron chi connectivity index (χ1n) is 10.6. The van der Waals surface area contributed by atoms with Crippen molar-refractivity contribution in [2.75, 3.05) is 43.5 Å². The third-order valence-corrected chi connectivity index (χ3v) is 5.59. The van der Waals surface area contributed by atoms with Crippen LogP contribution in [0.25, 0.3) is 11.3 Å². The molecule has 4 N–H and O–H groups in total. The first-order valence-corrected chi connectivity index (χ1v) is 10.6. The molecular weight excluding hydrogens is 420 g/mol. The number of amides is 1. The van der Waals surface area contributed by atoms with Gasteiger partial charge in [0.05, 0.1) is 18.4 Å². The van der Waals surface area contributed by atoms with Crippen molar-refractivity contribution < 1.29 is 14.3 Å². The summed E-state index contributed by atoms with van der Waals surface area (Å²) in [4.78, 5) is 35.3. The number of piperazine rings is 1. The molecule has 0 aliphatic carbocycles. The van der Waals surface area contributed by atoms with Crippen molar-refractivity contribution in [2.45, 2.75) is 6.92 Å². The van der Waals surface area contributed by atoms with Crippen LogP contribution in [0.4, 0.5) is 17.3 Å². The minimum atomic E-state index is -0.502. The summed E-state index contributed by atoms with van der Waals surface area (Å²) in [6.45, 7) is 5.15. The van der Waals surface area contributed by atoms with E-state index in [-0.39, 0.29) is 0 Å². The summed E-state index contributed by atoms with van der Waals surface area (Å²) >= 11 is 0. The Balaban J connectivity index is 1.67. The summed E-state index contributed by atoms with van der Waals surface area (Å²) in [6.07, 6.45) is 1.67. The third-order valence-electron chi connectivity index (χ3n) is 5.59. The van der Waals surface area contributed by atoms with E-state index < -0.39 is 11.9 Å². The molecule has 4 rings (SSSR count). The van der Waals surface area contributed by atoms with E-state index in [4.69, 9.17) is 15.5 Å². The van der Waals surface area contributed by atoms with E-state index in [2.05, 4.69) is 20.5 Å². The summed E-state index contributed by atoms with van der Waals surface area (Å²) in [5.41, 5.74) is 9.39. The van der Waals surface area contributed by atoms with Gasteiger partial charge in [0.2, 0.25) is 5.91 Å². The van der Waals surface area contributed by atoms with Gasteiger partial charge in [-0.3, -0.25) is 4.79 Å². The van der Waals surface area contributed by atoms with E-state index in [0.717, 1.165) is 48.8 Å². The monoisotopic (exact) mass is 446 g/mol. The number of ether oxygens (including phenoxy) is 1. The molecule has 3 aromatic rings. The smallest absolute Gasteiger partial charge is 0.338 e. The van der Waals surface area contributed by atoms with Crippen LogP contribution in [0.2, 0.25) is 0 Å². The van der Waals surface area contributed by atoms with E-state index in [1.165, 1.54) is 7.11 Å². The number of hydrogen-bond acceptors (Lipinski definition) is 8. The predicted octanol–water partition coefficient (Wildman–Crippen LogP) is 2.49. The zero-order valence-electron chi connectivity index (χ0n) is 18.6. The Morgan fingerprint density at radius 2 is 1.94 bits per heavy atom. The molecule has 1 fully saturated rings. The second-order valence-corrected chi connectivity index (χ2v) is 7.73. The first-order chi connectivity index (χ1) is 16.0. The number of aromatic nitrogens is 2. The van der Waals surface area contributed by atoms with Gasteiger partial charge < -0.3 is 26.0 Å². The number of hydrogen-bond donors (Lipinski definition) is 3. The maximum atomic E-state index is 12.0. The zero-order valence-corrected chi connectivity index (χ0v) is 18.6. The quantitative estimate of drug-likeness (QED) is 0.494. The van der Waals surface area contributed by atoms with E-state index in [1.54, 1.807) is 30.5 Å². The van der Waals surface area contributed by atoms with Gasteiger partial charge in [0.25, 0.3) is 0 Å². The van der Waals surface area contributed by atoms with Crippen molar-refractivity contribution in [1.82, 2.24) is 15.3 Å². The molecule has 1 aliphatic heterocycles. The SMILES string of the molecule is COC(=O)c1cccc(Nc2cc(-c3cc(C(N)=O)cc(N4CCNCC4)n3)ccn2)c1C. The topological polar surface area (TPSA) is 122 Å². The van der Waals surface area contributed by atoms with Crippen molar-refractivity contribution in [1.29, 1.82) is 0 Å². The highest BCUT2D eigenvalue weighted by Crippen LogP contribution is 2.27. The molecule has 1 aliphatic rings. The van der Waals surface area contributed by atoms with Gasteiger partial charge in [-0.2, -0.15) is 0 Å². The molecule has 0 saturated carbocycles. The molecule has 0 atom stereocenters. The summed E-state index contributed by atoms with van der Waals surface area (Å²) < 4.78 is 4.85. The van der Waals surface area contributed by atoms with Gasteiger partial charge in [-0.15, -0.1) is 0 Å². The van der Waals surface area contributed by atoms with Crippen LogP contribution in [-0.2, 0) is 4.74 Å². The van der Waals surface area contributed by atoms with Crippen LogP contribution in [0.15, 0.2) is 48.7 Å². The fourth-order valence-corrected chi connectivity index (χ4v) is 3.76. The highest BCUT2D eigenvalue weighted by Gasteiger charge is 2.17. The molecule has 170 valence electrons. The van der Waals surface area contributed by atoms with Crippen LogP contribution in [0.3, 0.4) is 0 Å². The molecule has 1 saturated heterocycles. The molecule has 2 aromatic heterocycles. The molecule has 9 heteroatoms. The van der Waals surface area contributed by atoms with Gasteiger partial charge in [0, 0.05) is 49.2 Å². The second kappa shape index (κ2) is 9.66. The standard InChI is InChI=1S/C24H26N6O3/c1-15-18(24(32)33-2)4-3-5-19(15)28-21-13-16(6-7-27-21)20-12-17(23(25)31)14-22(29-20)30-10-8-26-9-11-30/h3-7,12-14,26H,8-11H2,1-2H3,(H2,25,31)(H,27,28). The first kappa shape index (κ1) is 22.2.